The molecule has 2 rings (SSSR count). The van der Waals surface area contributed by atoms with Gasteiger partial charge in [-0.05, 0) is 59.7 Å². The van der Waals surface area contributed by atoms with Gasteiger partial charge in [0.1, 0.15) is 11.6 Å². The highest BCUT2D eigenvalue weighted by Gasteiger charge is 2.20. The number of ether oxygens (including phenoxy) is 1. The van der Waals surface area contributed by atoms with Crippen LogP contribution in [0.1, 0.15) is 55.9 Å². The quantitative estimate of drug-likeness (QED) is 0.387. The molecule has 1 N–H and O–H groups in total. The Hall–Kier alpha value is -1.75. The minimum Gasteiger partial charge on any atom is -0.481 e. The predicted octanol–water partition coefficient (Wildman–Crippen LogP) is 6.82. The summed E-state index contributed by atoms with van der Waals surface area (Å²) in [5.41, 5.74) is 3.24. The molecule has 154 valence electrons. The fraction of sp³-hybridized carbons (Fsp3) is 0.400. The molecular weight excluding hydrogens is 404 g/mol. The molecule has 0 saturated carbocycles. The van der Waals surface area contributed by atoms with Crippen LogP contribution in [-0.2, 0) is 11.0 Å². The van der Waals surface area contributed by atoms with Crippen molar-refractivity contribution in [3.63, 3.8) is 0 Å². The van der Waals surface area contributed by atoms with Crippen LogP contribution in [0, 0.1) is 17.6 Å². The van der Waals surface area contributed by atoms with Gasteiger partial charge in [-0.1, -0.05) is 51.4 Å². The van der Waals surface area contributed by atoms with Crippen LogP contribution >= 0.6 is 19.1 Å². The van der Waals surface area contributed by atoms with Crippen molar-refractivity contribution >= 4 is 19.1 Å². The molecule has 0 saturated heterocycles. The van der Waals surface area contributed by atoms with Crippen molar-refractivity contribution in [2.75, 3.05) is 6.35 Å². The third kappa shape index (κ3) is 6.69. The molecule has 0 heterocycles. The van der Waals surface area contributed by atoms with Gasteiger partial charge in [0, 0.05) is 9.97 Å². The topological polar surface area (TPSA) is 76.0 Å². The van der Waals surface area contributed by atoms with E-state index in [9.17, 15) is 13.9 Å². The molecule has 0 fully saturated rings. The molecule has 1 unspecified atom stereocenters. The van der Waals surface area contributed by atoms with E-state index in [-0.39, 0.29) is 17.5 Å². The molecule has 0 bridgehead atoms. The Morgan fingerprint density at radius 1 is 1.25 bits per heavy atom. The number of nitrogens with zero attached hydrogens (tertiary/aromatic N) is 1. The zero-order valence-corrected chi connectivity index (χ0v) is 18.4. The summed E-state index contributed by atoms with van der Waals surface area (Å²) in [4.78, 5) is 21.6. The van der Waals surface area contributed by atoms with Crippen molar-refractivity contribution in [3.05, 3.63) is 68.3 Å². The SMILES string of the molecule is CC.Cc1cc(OCP(=O)(O)N=O)cc(Cl)c1Cc1ccc(F)c(C(C)C)c1. The second-order valence-electron chi connectivity index (χ2n) is 6.41. The minimum atomic E-state index is -4.19. The first-order valence-corrected chi connectivity index (χ1v) is 11.2. The van der Waals surface area contributed by atoms with Crippen LogP contribution in [0.15, 0.2) is 35.3 Å². The molecule has 2 aromatic rings. The first kappa shape index (κ1) is 24.3. The fourth-order valence-electron chi connectivity index (χ4n) is 2.58. The molecule has 2 aromatic carbocycles. The maximum atomic E-state index is 13.9. The zero-order valence-electron chi connectivity index (χ0n) is 16.7. The molecule has 0 radical (unpaired) electrons. The summed E-state index contributed by atoms with van der Waals surface area (Å²) in [6.45, 7) is 9.69. The molecule has 0 aliphatic carbocycles. The van der Waals surface area contributed by atoms with E-state index in [0.717, 1.165) is 16.7 Å². The van der Waals surface area contributed by atoms with E-state index in [2.05, 4.69) is 4.95 Å². The van der Waals surface area contributed by atoms with Crippen molar-refractivity contribution in [2.45, 2.75) is 47.0 Å². The average molecular weight is 430 g/mol. The Morgan fingerprint density at radius 2 is 1.89 bits per heavy atom. The summed E-state index contributed by atoms with van der Waals surface area (Å²) in [6, 6.07) is 8.19. The largest absolute Gasteiger partial charge is 0.481 e. The number of hydrogen-bond acceptors (Lipinski definition) is 3. The van der Waals surface area contributed by atoms with Gasteiger partial charge in [-0.15, -0.1) is 4.91 Å². The lowest BCUT2D eigenvalue weighted by Crippen LogP contribution is -2.01. The smallest absolute Gasteiger partial charge is 0.385 e. The van der Waals surface area contributed by atoms with E-state index in [0.29, 0.717) is 17.0 Å². The van der Waals surface area contributed by atoms with Gasteiger partial charge in [0.2, 0.25) is 0 Å². The molecule has 0 spiro atoms. The molecule has 0 aliphatic rings. The maximum Gasteiger partial charge on any atom is 0.385 e. The van der Waals surface area contributed by atoms with E-state index >= 15 is 0 Å². The van der Waals surface area contributed by atoms with E-state index in [1.165, 1.54) is 12.1 Å². The van der Waals surface area contributed by atoms with Gasteiger partial charge in [-0.25, -0.2) is 4.39 Å². The van der Waals surface area contributed by atoms with Gasteiger partial charge in [-0.3, -0.25) is 4.57 Å². The van der Waals surface area contributed by atoms with Gasteiger partial charge in [-0.2, -0.15) is 0 Å². The van der Waals surface area contributed by atoms with Gasteiger partial charge in [0.25, 0.3) is 0 Å². The second-order valence-corrected chi connectivity index (χ2v) is 8.57. The van der Waals surface area contributed by atoms with Crippen LogP contribution in [0.2, 0.25) is 5.02 Å². The first-order valence-electron chi connectivity index (χ1n) is 9.00. The monoisotopic (exact) mass is 429 g/mol. The number of benzene rings is 2. The Bertz CT molecular complexity index is 850. The maximum absolute atomic E-state index is 13.9. The highest BCUT2D eigenvalue weighted by atomic mass is 35.5. The Labute approximate surface area is 170 Å². The van der Waals surface area contributed by atoms with E-state index in [1.54, 1.807) is 12.1 Å². The van der Waals surface area contributed by atoms with Crippen LogP contribution in [0.3, 0.4) is 0 Å². The average Bonchev–Trinajstić information content (AvgIpc) is 2.65. The number of rotatable bonds is 7. The lowest BCUT2D eigenvalue weighted by Gasteiger charge is -2.14. The summed E-state index contributed by atoms with van der Waals surface area (Å²) in [5.74, 6) is 0.117. The van der Waals surface area contributed by atoms with E-state index < -0.39 is 13.9 Å². The highest BCUT2D eigenvalue weighted by molar-refractivity contribution is 7.56. The number of hydrogen-bond donors (Lipinski definition) is 1. The Kier molecular flexibility index (Phi) is 9.28. The van der Waals surface area contributed by atoms with E-state index in [1.807, 2.05) is 40.7 Å². The molecule has 8 heteroatoms. The summed E-state index contributed by atoms with van der Waals surface area (Å²) in [5, 5.41) is 0.419. The van der Waals surface area contributed by atoms with Crippen LogP contribution < -0.4 is 4.74 Å². The predicted molar refractivity (Wildman–Crippen MR) is 112 cm³/mol. The second kappa shape index (κ2) is 10.7. The third-order valence-electron chi connectivity index (χ3n) is 3.98. The number of nitroso groups, excluding NO2 is 1. The van der Waals surface area contributed by atoms with Crippen molar-refractivity contribution < 1.29 is 18.6 Å². The highest BCUT2D eigenvalue weighted by Crippen LogP contribution is 2.42. The third-order valence-corrected chi connectivity index (χ3v) is 5.04. The lowest BCUT2D eigenvalue weighted by atomic mass is 9.95. The molecule has 28 heavy (non-hydrogen) atoms. The summed E-state index contributed by atoms with van der Waals surface area (Å²) in [6.07, 6.45) is -0.194. The molecule has 0 aliphatic heterocycles. The van der Waals surface area contributed by atoms with Crippen LogP contribution in [0.25, 0.3) is 0 Å². The van der Waals surface area contributed by atoms with E-state index in [4.69, 9.17) is 21.2 Å². The van der Waals surface area contributed by atoms with Crippen molar-refractivity contribution in [1.29, 1.82) is 0 Å². The Balaban J connectivity index is 0.00000190. The normalized spacial score (nSPS) is 12.8. The van der Waals surface area contributed by atoms with Gasteiger partial charge < -0.3 is 9.63 Å². The van der Waals surface area contributed by atoms with Crippen LogP contribution in [-0.4, -0.2) is 11.2 Å². The summed E-state index contributed by atoms with van der Waals surface area (Å²) in [7, 11) is -4.19. The first-order chi connectivity index (χ1) is 13.1. The molecular formula is C20H26ClFNO4P. The lowest BCUT2D eigenvalue weighted by molar-refractivity contribution is 0.350. The minimum absolute atomic E-state index is 0.0721. The summed E-state index contributed by atoms with van der Waals surface area (Å²) >= 11 is 6.33. The van der Waals surface area contributed by atoms with Crippen molar-refractivity contribution in [1.82, 2.24) is 0 Å². The molecule has 1 atom stereocenters. The van der Waals surface area contributed by atoms with Crippen LogP contribution in [0.4, 0.5) is 4.39 Å². The molecule has 5 nitrogen and oxygen atoms in total. The van der Waals surface area contributed by atoms with Gasteiger partial charge in [0.05, 0.1) is 0 Å². The standard InChI is InChI=1S/C18H20ClFNO4P.C2H6/c1-11(2)15-7-13(4-5-18(15)20)8-16-12(3)6-14(9-17(16)19)25-10-26(23,24)21-22;1-2/h4-7,9,11H,8,10H2,1-3H3,(H,23,24);1-2H3. The van der Waals surface area contributed by atoms with Crippen molar-refractivity contribution in [2.24, 2.45) is 4.95 Å². The van der Waals surface area contributed by atoms with Gasteiger partial charge >= 0.3 is 7.52 Å². The number of halogens is 2. The van der Waals surface area contributed by atoms with Crippen LogP contribution in [0.5, 0.6) is 5.75 Å². The number of aryl methyl sites for hydroxylation is 1. The fourth-order valence-corrected chi connectivity index (χ4v) is 3.27. The van der Waals surface area contributed by atoms with Gasteiger partial charge in [0.15, 0.2) is 6.35 Å². The molecule has 0 amide bonds. The van der Waals surface area contributed by atoms with Crippen molar-refractivity contribution in [3.8, 4) is 5.75 Å². The Morgan fingerprint density at radius 3 is 2.43 bits per heavy atom. The zero-order chi connectivity index (χ0) is 21.5. The summed E-state index contributed by atoms with van der Waals surface area (Å²) < 4.78 is 30.3. The molecule has 0 aromatic heterocycles.